The molecule has 0 amide bonds. The van der Waals surface area contributed by atoms with Gasteiger partial charge in [-0.2, -0.15) is 4.98 Å². The van der Waals surface area contributed by atoms with Gasteiger partial charge in [0.2, 0.25) is 5.95 Å². The highest BCUT2D eigenvalue weighted by Crippen LogP contribution is 2.23. The van der Waals surface area contributed by atoms with Crippen molar-refractivity contribution in [3.8, 4) is 0 Å². The minimum atomic E-state index is -0.369. The molecule has 1 atom stereocenters. The molecule has 1 fully saturated rings. The topological polar surface area (TPSA) is 91.1 Å². The first-order chi connectivity index (χ1) is 11.8. The summed E-state index contributed by atoms with van der Waals surface area (Å²) in [7, 11) is 3.15. The van der Waals surface area contributed by atoms with Crippen LogP contribution >= 0.6 is 0 Å². The maximum absolute atomic E-state index is 12.8. The summed E-state index contributed by atoms with van der Waals surface area (Å²) in [4.78, 5) is 31.8. The number of nitrogens with zero attached hydrogens (tertiary/aromatic N) is 5. The molecule has 1 aliphatic heterocycles. The molecule has 3 rings (SSSR count). The van der Waals surface area contributed by atoms with Crippen LogP contribution in [0, 0.1) is 0 Å². The van der Waals surface area contributed by atoms with E-state index in [1.807, 2.05) is 24.5 Å². The molecule has 0 radical (unpaired) electrons. The first-order valence-electron chi connectivity index (χ1n) is 8.63. The molecule has 2 aromatic rings. The van der Waals surface area contributed by atoms with Crippen LogP contribution in [-0.4, -0.2) is 37.8 Å². The van der Waals surface area contributed by atoms with Gasteiger partial charge in [0.15, 0.2) is 11.2 Å². The van der Waals surface area contributed by atoms with Gasteiger partial charge in [0.1, 0.15) is 0 Å². The summed E-state index contributed by atoms with van der Waals surface area (Å²) in [6, 6.07) is 0.0940. The van der Waals surface area contributed by atoms with Crippen LogP contribution < -0.4 is 21.9 Å². The largest absolute Gasteiger partial charge is 0.341 e. The zero-order chi connectivity index (χ0) is 18.3. The summed E-state index contributed by atoms with van der Waals surface area (Å²) in [6.45, 7) is 6.09. The van der Waals surface area contributed by atoms with E-state index in [9.17, 15) is 9.59 Å². The van der Waals surface area contributed by atoms with Crippen molar-refractivity contribution in [1.82, 2.24) is 18.7 Å². The highest BCUT2D eigenvalue weighted by molar-refractivity contribution is 5.74. The number of fused-ring (bicyclic) bond motifs is 1. The third-order valence-corrected chi connectivity index (χ3v) is 4.97. The average Bonchev–Trinajstić information content (AvgIpc) is 2.97. The normalized spacial score (nSPS) is 19.0. The van der Waals surface area contributed by atoms with Gasteiger partial charge in [0, 0.05) is 39.8 Å². The second-order valence-corrected chi connectivity index (χ2v) is 6.86. The number of anilines is 1. The number of aryl methyl sites for hydroxylation is 1. The molecule has 8 nitrogen and oxygen atoms in total. The Bertz CT molecular complexity index is 949. The second kappa shape index (κ2) is 6.51. The van der Waals surface area contributed by atoms with Crippen LogP contribution in [0.1, 0.15) is 26.7 Å². The van der Waals surface area contributed by atoms with E-state index in [-0.39, 0.29) is 17.3 Å². The number of hydrogen-bond donors (Lipinski definition) is 1. The fourth-order valence-electron chi connectivity index (χ4n) is 3.36. The van der Waals surface area contributed by atoms with Crippen LogP contribution in [0.4, 0.5) is 5.95 Å². The molecular formula is C17H26N6O2. The van der Waals surface area contributed by atoms with Crippen LogP contribution in [0.25, 0.3) is 11.2 Å². The van der Waals surface area contributed by atoms with Gasteiger partial charge in [-0.1, -0.05) is 11.6 Å². The molecule has 3 heterocycles. The predicted octanol–water partition coefficient (Wildman–Crippen LogP) is 0.327. The van der Waals surface area contributed by atoms with Gasteiger partial charge in [-0.25, -0.2) is 4.79 Å². The highest BCUT2D eigenvalue weighted by Gasteiger charge is 2.25. The average molecular weight is 346 g/mol. The second-order valence-electron chi connectivity index (χ2n) is 6.86. The molecule has 25 heavy (non-hydrogen) atoms. The van der Waals surface area contributed by atoms with Gasteiger partial charge >= 0.3 is 5.69 Å². The lowest BCUT2D eigenvalue weighted by Gasteiger charge is -2.31. The van der Waals surface area contributed by atoms with Gasteiger partial charge in [0.05, 0.1) is 0 Å². The molecule has 0 bridgehead atoms. The fraction of sp³-hybridized carbons (Fsp3) is 0.588. The van der Waals surface area contributed by atoms with Crippen molar-refractivity contribution >= 4 is 17.1 Å². The molecule has 8 heteroatoms. The third kappa shape index (κ3) is 2.90. The minimum Gasteiger partial charge on any atom is -0.341 e. The fourth-order valence-corrected chi connectivity index (χ4v) is 3.36. The predicted molar refractivity (Wildman–Crippen MR) is 99.1 cm³/mol. The van der Waals surface area contributed by atoms with E-state index in [0.29, 0.717) is 30.2 Å². The molecule has 1 unspecified atom stereocenters. The standard InChI is InChI=1S/C17H26N6O2/c1-5-11(2)9-23-13-14(20(3)17(25)21(4)15(13)24)19-16(23)22-8-6-7-12(18)10-22/h5,12H,6-10,18H2,1-4H3. The van der Waals surface area contributed by atoms with Gasteiger partial charge in [-0.15, -0.1) is 0 Å². The Morgan fingerprint density at radius 1 is 1.32 bits per heavy atom. The van der Waals surface area contributed by atoms with E-state index in [4.69, 9.17) is 5.73 Å². The third-order valence-electron chi connectivity index (χ3n) is 4.97. The molecule has 0 saturated carbocycles. The summed E-state index contributed by atoms with van der Waals surface area (Å²) in [5.74, 6) is 0.713. The lowest BCUT2D eigenvalue weighted by atomic mass is 10.1. The van der Waals surface area contributed by atoms with E-state index >= 15 is 0 Å². The van der Waals surface area contributed by atoms with Crippen LogP contribution in [0.2, 0.25) is 0 Å². The molecule has 1 saturated heterocycles. The zero-order valence-corrected chi connectivity index (χ0v) is 15.3. The van der Waals surface area contributed by atoms with E-state index in [2.05, 4.69) is 9.88 Å². The number of allylic oxidation sites excluding steroid dienone is 2. The Hall–Kier alpha value is -2.35. The van der Waals surface area contributed by atoms with E-state index in [0.717, 1.165) is 29.5 Å². The molecule has 0 aliphatic carbocycles. The first kappa shape index (κ1) is 17.5. The smallest absolute Gasteiger partial charge is 0.332 e. The number of hydrogen-bond acceptors (Lipinski definition) is 5. The van der Waals surface area contributed by atoms with Crippen LogP contribution in [0.15, 0.2) is 21.2 Å². The molecular weight excluding hydrogens is 320 g/mol. The van der Waals surface area contributed by atoms with Crippen molar-refractivity contribution in [2.45, 2.75) is 39.3 Å². The van der Waals surface area contributed by atoms with Crippen molar-refractivity contribution in [2.75, 3.05) is 18.0 Å². The minimum absolute atomic E-state index is 0.0940. The lowest BCUT2D eigenvalue weighted by Crippen LogP contribution is -2.44. The Morgan fingerprint density at radius 2 is 2.04 bits per heavy atom. The summed E-state index contributed by atoms with van der Waals surface area (Å²) >= 11 is 0. The lowest BCUT2D eigenvalue weighted by molar-refractivity contribution is 0.495. The summed E-state index contributed by atoms with van der Waals surface area (Å²) in [6.07, 6.45) is 4.00. The van der Waals surface area contributed by atoms with E-state index in [1.54, 1.807) is 7.05 Å². The van der Waals surface area contributed by atoms with E-state index in [1.165, 1.54) is 11.6 Å². The zero-order valence-electron chi connectivity index (χ0n) is 15.3. The Balaban J connectivity index is 2.30. The van der Waals surface area contributed by atoms with Gasteiger partial charge in [-0.05, 0) is 26.7 Å². The van der Waals surface area contributed by atoms with Crippen molar-refractivity contribution in [3.05, 3.63) is 32.5 Å². The number of piperidine rings is 1. The molecule has 2 aromatic heterocycles. The van der Waals surface area contributed by atoms with Crippen LogP contribution in [0.3, 0.4) is 0 Å². The summed E-state index contributed by atoms with van der Waals surface area (Å²) < 4.78 is 4.49. The molecule has 0 spiro atoms. The number of imidazole rings is 1. The molecule has 0 aromatic carbocycles. The number of rotatable bonds is 3. The Kier molecular flexibility index (Phi) is 4.55. The van der Waals surface area contributed by atoms with Crippen molar-refractivity contribution in [1.29, 1.82) is 0 Å². The van der Waals surface area contributed by atoms with E-state index < -0.39 is 0 Å². The quantitative estimate of drug-likeness (QED) is 0.809. The number of aromatic nitrogens is 4. The van der Waals surface area contributed by atoms with Crippen LogP contribution in [-0.2, 0) is 20.6 Å². The Morgan fingerprint density at radius 3 is 2.68 bits per heavy atom. The van der Waals surface area contributed by atoms with Crippen LogP contribution in [0.5, 0.6) is 0 Å². The number of nitrogens with two attached hydrogens (primary N) is 1. The van der Waals surface area contributed by atoms with Crippen molar-refractivity contribution in [2.24, 2.45) is 19.8 Å². The SMILES string of the molecule is CC=C(C)Cn1c(N2CCCC(N)C2)nc2c1c(=O)n(C)c(=O)n2C. The summed E-state index contributed by atoms with van der Waals surface area (Å²) in [5.41, 5.74) is 7.45. The van der Waals surface area contributed by atoms with Gasteiger partial charge in [0.25, 0.3) is 5.56 Å². The van der Waals surface area contributed by atoms with Gasteiger partial charge in [-0.3, -0.25) is 13.9 Å². The van der Waals surface area contributed by atoms with Crippen molar-refractivity contribution < 1.29 is 0 Å². The monoisotopic (exact) mass is 346 g/mol. The molecule has 136 valence electrons. The Labute approximate surface area is 146 Å². The summed E-state index contributed by atoms with van der Waals surface area (Å²) in [5, 5.41) is 0. The molecule has 2 N–H and O–H groups in total. The highest BCUT2D eigenvalue weighted by atomic mass is 16.2. The first-order valence-corrected chi connectivity index (χ1v) is 8.63. The molecule has 1 aliphatic rings. The van der Waals surface area contributed by atoms with Crippen molar-refractivity contribution in [3.63, 3.8) is 0 Å². The maximum Gasteiger partial charge on any atom is 0.332 e. The van der Waals surface area contributed by atoms with Gasteiger partial charge < -0.3 is 15.2 Å². The maximum atomic E-state index is 12.8.